The zero-order valence-corrected chi connectivity index (χ0v) is 14.6. The van der Waals surface area contributed by atoms with Gasteiger partial charge in [-0.3, -0.25) is 0 Å². The van der Waals surface area contributed by atoms with Crippen LogP contribution < -0.4 is 0 Å². The largest absolute Gasteiger partial charge is 0.337 e. The lowest BCUT2D eigenvalue weighted by Crippen LogP contribution is -2.23. The first kappa shape index (κ1) is 15.6. The first-order valence-corrected chi connectivity index (χ1v) is 9.57. The van der Waals surface area contributed by atoms with E-state index in [1.165, 1.54) is 17.1 Å². The number of hydrogen-bond acceptors (Lipinski definition) is 3. The number of benzene rings is 1. The molecular weight excluding hydrogens is 343 g/mol. The lowest BCUT2D eigenvalue weighted by molar-refractivity contribution is 0.597. The zero-order valence-electron chi connectivity index (χ0n) is 11.5. The fourth-order valence-electron chi connectivity index (χ4n) is 2.51. The van der Waals surface area contributed by atoms with Crippen molar-refractivity contribution < 1.29 is 0 Å². The van der Waals surface area contributed by atoms with Crippen molar-refractivity contribution in [3.05, 3.63) is 52.5 Å². The summed E-state index contributed by atoms with van der Waals surface area (Å²) >= 11 is 16.5. The van der Waals surface area contributed by atoms with Gasteiger partial charge in [0.25, 0.3) is 0 Å². The Kier molecular flexibility index (Phi) is 5.10. The van der Waals surface area contributed by atoms with Crippen molar-refractivity contribution >= 4 is 46.7 Å². The highest BCUT2D eigenvalue weighted by molar-refractivity contribution is 8.21. The van der Waals surface area contributed by atoms with E-state index in [1.54, 1.807) is 0 Å². The number of hydrogen-bond donors (Lipinski definition) is 0. The number of halogens is 2. The summed E-state index contributed by atoms with van der Waals surface area (Å²) in [5.41, 5.74) is 1.19. The van der Waals surface area contributed by atoms with Crippen LogP contribution in [0.15, 0.2) is 36.9 Å². The number of aryl methyl sites for hydroxylation is 1. The van der Waals surface area contributed by atoms with Crippen LogP contribution in [0.25, 0.3) is 0 Å². The summed E-state index contributed by atoms with van der Waals surface area (Å²) in [6.07, 6.45) is 7.82. The smallest absolute Gasteiger partial charge is 0.0945 e. The molecule has 1 aromatic heterocycles. The Morgan fingerprint density at radius 2 is 2.05 bits per heavy atom. The van der Waals surface area contributed by atoms with Crippen LogP contribution in [0.2, 0.25) is 10.0 Å². The maximum Gasteiger partial charge on any atom is 0.0945 e. The molecule has 1 aliphatic rings. The van der Waals surface area contributed by atoms with E-state index in [1.807, 2.05) is 30.9 Å². The van der Waals surface area contributed by atoms with Gasteiger partial charge in [-0.2, -0.15) is 0 Å². The predicted octanol–water partition coefficient (Wildman–Crippen LogP) is 5.00. The fourth-order valence-corrected chi connectivity index (χ4v) is 6.21. The molecule has 2 nitrogen and oxygen atoms in total. The Hall–Kier alpha value is -0.290. The Morgan fingerprint density at radius 3 is 2.71 bits per heavy atom. The Labute approximate surface area is 143 Å². The molecule has 2 heterocycles. The Bertz CT molecular complexity index is 596. The molecule has 0 radical (unpaired) electrons. The second kappa shape index (κ2) is 6.86. The van der Waals surface area contributed by atoms with E-state index >= 15 is 0 Å². The summed E-state index contributed by atoms with van der Waals surface area (Å²) in [6, 6.07) is 5.83. The predicted molar refractivity (Wildman–Crippen MR) is 94.7 cm³/mol. The van der Waals surface area contributed by atoms with Gasteiger partial charge >= 0.3 is 0 Å². The van der Waals surface area contributed by atoms with Crippen LogP contribution in [0.5, 0.6) is 0 Å². The van der Waals surface area contributed by atoms with Crippen LogP contribution in [0.3, 0.4) is 0 Å². The summed E-state index contributed by atoms with van der Waals surface area (Å²) in [5.74, 6) is 2.42. The minimum absolute atomic E-state index is 0.210. The molecule has 1 aromatic carbocycles. The van der Waals surface area contributed by atoms with E-state index in [0.29, 0.717) is 5.02 Å². The Balaban J connectivity index is 1.74. The molecule has 0 aliphatic carbocycles. The molecule has 0 unspecified atom stereocenters. The van der Waals surface area contributed by atoms with E-state index < -0.39 is 0 Å². The van der Waals surface area contributed by atoms with Crippen LogP contribution in [0, 0.1) is 0 Å². The van der Waals surface area contributed by atoms with Gasteiger partial charge in [-0.15, -0.1) is 23.5 Å². The SMILES string of the molecule is Clc1ccc(CC2(CCn3ccnc3)SCCS2)c(Cl)c1. The highest BCUT2D eigenvalue weighted by atomic mass is 35.5. The fraction of sp³-hybridized carbons (Fsp3) is 0.400. The number of imidazole rings is 1. The standard InChI is InChI=1S/C15H16Cl2N2S2/c16-13-2-1-12(14(17)9-13)10-15(20-7-8-21-15)3-5-19-6-4-18-11-19/h1-2,4,6,9,11H,3,5,7-8,10H2. The van der Waals surface area contributed by atoms with Crippen molar-refractivity contribution in [2.75, 3.05) is 11.5 Å². The monoisotopic (exact) mass is 358 g/mol. The van der Waals surface area contributed by atoms with Crippen molar-refractivity contribution in [3.63, 3.8) is 0 Å². The molecule has 0 amide bonds. The molecule has 0 bridgehead atoms. The molecule has 0 saturated carbocycles. The van der Waals surface area contributed by atoms with E-state index in [4.69, 9.17) is 23.2 Å². The van der Waals surface area contributed by atoms with Gasteiger partial charge in [0, 0.05) is 40.5 Å². The van der Waals surface area contributed by atoms with Gasteiger partial charge in [0.2, 0.25) is 0 Å². The first-order valence-electron chi connectivity index (χ1n) is 6.84. The van der Waals surface area contributed by atoms with Gasteiger partial charge < -0.3 is 4.57 Å². The van der Waals surface area contributed by atoms with Crippen LogP contribution in [-0.2, 0) is 13.0 Å². The lowest BCUT2D eigenvalue weighted by Gasteiger charge is -2.28. The van der Waals surface area contributed by atoms with E-state index in [-0.39, 0.29) is 4.08 Å². The topological polar surface area (TPSA) is 17.8 Å². The minimum Gasteiger partial charge on any atom is -0.337 e. The van der Waals surface area contributed by atoms with Gasteiger partial charge in [0.05, 0.1) is 10.4 Å². The lowest BCUT2D eigenvalue weighted by atomic mass is 10.1. The quantitative estimate of drug-likeness (QED) is 0.748. The van der Waals surface area contributed by atoms with E-state index in [9.17, 15) is 0 Å². The van der Waals surface area contributed by atoms with E-state index in [2.05, 4.69) is 39.1 Å². The summed E-state index contributed by atoms with van der Waals surface area (Å²) in [4.78, 5) is 4.11. The molecule has 6 heteroatoms. The molecule has 1 aliphatic heterocycles. The van der Waals surface area contributed by atoms with E-state index in [0.717, 1.165) is 24.4 Å². The molecule has 1 saturated heterocycles. The van der Waals surface area contributed by atoms with Crippen molar-refractivity contribution in [1.29, 1.82) is 0 Å². The second-order valence-corrected chi connectivity index (χ2v) is 9.13. The molecule has 0 N–H and O–H groups in total. The second-order valence-electron chi connectivity index (χ2n) is 5.07. The zero-order chi connectivity index (χ0) is 14.7. The highest BCUT2D eigenvalue weighted by Crippen LogP contribution is 2.49. The van der Waals surface area contributed by atoms with Crippen molar-refractivity contribution in [1.82, 2.24) is 9.55 Å². The average Bonchev–Trinajstić information content (AvgIpc) is 3.12. The molecule has 2 aromatic rings. The normalized spacial score (nSPS) is 17.2. The summed E-state index contributed by atoms with van der Waals surface area (Å²) < 4.78 is 2.35. The summed E-state index contributed by atoms with van der Waals surface area (Å²) in [6.45, 7) is 0.991. The van der Waals surface area contributed by atoms with Gasteiger partial charge in [-0.1, -0.05) is 29.3 Å². The number of aromatic nitrogens is 2. The maximum absolute atomic E-state index is 6.35. The number of thioether (sulfide) groups is 2. The molecule has 112 valence electrons. The maximum atomic E-state index is 6.35. The van der Waals surface area contributed by atoms with Gasteiger partial charge in [-0.05, 0) is 30.5 Å². The van der Waals surface area contributed by atoms with Gasteiger partial charge in [-0.25, -0.2) is 4.98 Å². The van der Waals surface area contributed by atoms with Crippen molar-refractivity contribution in [3.8, 4) is 0 Å². The third-order valence-electron chi connectivity index (χ3n) is 3.60. The first-order chi connectivity index (χ1) is 10.2. The van der Waals surface area contributed by atoms with Gasteiger partial charge in [0.1, 0.15) is 0 Å². The highest BCUT2D eigenvalue weighted by Gasteiger charge is 2.36. The van der Waals surface area contributed by atoms with Crippen LogP contribution in [-0.4, -0.2) is 25.1 Å². The third-order valence-corrected chi connectivity index (χ3v) is 7.72. The minimum atomic E-state index is 0.210. The van der Waals surface area contributed by atoms with Crippen molar-refractivity contribution in [2.45, 2.75) is 23.5 Å². The number of rotatable bonds is 5. The number of nitrogens with zero attached hydrogens (tertiary/aromatic N) is 2. The molecule has 0 spiro atoms. The van der Waals surface area contributed by atoms with Crippen molar-refractivity contribution in [2.24, 2.45) is 0 Å². The molecule has 3 rings (SSSR count). The molecule has 0 atom stereocenters. The molecular formula is C15H16Cl2N2S2. The third kappa shape index (κ3) is 3.92. The Morgan fingerprint density at radius 1 is 1.24 bits per heavy atom. The van der Waals surface area contributed by atoms with Crippen LogP contribution in [0.1, 0.15) is 12.0 Å². The van der Waals surface area contributed by atoms with Gasteiger partial charge in [0.15, 0.2) is 0 Å². The average molecular weight is 359 g/mol. The summed E-state index contributed by atoms with van der Waals surface area (Å²) in [7, 11) is 0. The summed E-state index contributed by atoms with van der Waals surface area (Å²) in [5, 5.41) is 1.47. The molecule has 21 heavy (non-hydrogen) atoms. The molecule has 1 fully saturated rings. The van der Waals surface area contributed by atoms with Crippen LogP contribution >= 0.6 is 46.7 Å². The van der Waals surface area contributed by atoms with Crippen LogP contribution in [0.4, 0.5) is 0 Å².